The third kappa shape index (κ3) is 3.22. The molecule has 0 bridgehead atoms. The molecule has 0 spiro atoms. The van der Waals surface area contributed by atoms with Gasteiger partial charge in [-0.1, -0.05) is 0 Å². The number of hydrogen-bond donors (Lipinski definition) is 2. The Labute approximate surface area is 143 Å². The van der Waals surface area contributed by atoms with Crippen LogP contribution in [0.15, 0.2) is 12.4 Å². The van der Waals surface area contributed by atoms with Crippen molar-refractivity contribution in [2.45, 2.75) is 12.7 Å². The summed E-state index contributed by atoms with van der Waals surface area (Å²) in [4.78, 5) is 24.1. The van der Waals surface area contributed by atoms with Crippen LogP contribution in [-0.2, 0) is 24.6 Å². The van der Waals surface area contributed by atoms with Gasteiger partial charge in [0, 0.05) is 13.1 Å². The predicted octanol–water partition coefficient (Wildman–Crippen LogP) is 0.808. The molecule has 0 atom stereocenters. The van der Waals surface area contributed by atoms with Crippen molar-refractivity contribution in [2.75, 3.05) is 18.2 Å². The number of hydrogen-bond acceptors (Lipinski definition) is 7. The van der Waals surface area contributed by atoms with Crippen molar-refractivity contribution in [2.24, 2.45) is 7.05 Å². The van der Waals surface area contributed by atoms with E-state index in [0.29, 0.717) is 5.52 Å². The summed E-state index contributed by atoms with van der Waals surface area (Å²) >= 11 is 0. The number of carbonyl (C=O) groups is 1. The molecule has 3 heterocycles. The van der Waals surface area contributed by atoms with Gasteiger partial charge in [0.1, 0.15) is 12.4 Å². The molecule has 1 amide bonds. The van der Waals surface area contributed by atoms with E-state index in [1.807, 2.05) is 0 Å². The number of aromatic nitrogens is 6. The molecule has 0 saturated carbocycles. The largest absolute Gasteiger partial charge is 0.479 e. The van der Waals surface area contributed by atoms with Gasteiger partial charge in [0.15, 0.2) is 16.9 Å². The number of fused-ring (bicyclic) bond motifs is 1. The minimum atomic E-state index is -4.60. The number of carbonyl (C=O) groups excluding carboxylic acids is 1. The lowest BCUT2D eigenvalue weighted by Gasteiger charge is -2.07. The Morgan fingerprint density at radius 2 is 2.12 bits per heavy atom. The molecule has 13 heteroatoms. The molecule has 0 aromatic carbocycles. The second kappa shape index (κ2) is 6.16. The Bertz CT molecular complexity index is 978. The van der Waals surface area contributed by atoms with E-state index in [1.54, 1.807) is 0 Å². The van der Waals surface area contributed by atoms with Crippen molar-refractivity contribution in [3.05, 3.63) is 18.1 Å². The number of amides is 1. The maximum absolute atomic E-state index is 12.7. The van der Waals surface area contributed by atoms with E-state index < -0.39 is 17.8 Å². The number of aryl methyl sites for hydroxylation is 1. The quantitative estimate of drug-likeness (QED) is 0.696. The molecule has 138 valence electrons. The molecule has 3 N–H and O–H groups in total. The maximum Gasteiger partial charge on any atom is 0.435 e. The summed E-state index contributed by atoms with van der Waals surface area (Å²) in [6.07, 6.45) is -3.28. The first-order valence-corrected chi connectivity index (χ1v) is 7.12. The van der Waals surface area contributed by atoms with E-state index in [1.165, 1.54) is 25.1 Å². The Morgan fingerprint density at radius 1 is 1.38 bits per heavy atom. The molecule has 3 rings (SSSR count). The number of methoxy groups -OCH3 is 1. The van der Waals surface area contributed by atoms with Crippen molar-refractivity contribution in [3.63, 3.8) is 0 Å². The number of anilines is 2. The molecule has 0 saturated heterocycles. The van der Waals surface area contributed by atoms with Crippen LogP contribution in [0.1, 0.15) is 5.69 Å². The summed E-state index contributed by atoms with van der Waals surface area (Å²) in [6, 6.07) is 0.743. The topological polar surface area (TPSA) is 126 Å². The fourth-order valence-electron chi connectivity index (χ4n) is 2.25. The SMILES string of the molecule is COc1nc(N)nc2c1ncn2CC(=O)Nc1cc(C(F)(F)F)nn1C. The number of nitrogens with zero attached hydrogens (tertiary/aromatic N) is 6. The Balaban J connectivity index is 1.82. The molecule has 3 aromatic heterocycles. The van der Waals surface area contributed by atoms with Gasteiger partial charge in [0.2, 0.25) is 17.7 Å². The highest BCUT2D eigenvalue weighted by Crippen LogP contribution is 2.29. The number of rotatable bonds is 4. The van der Waals surface area contributed by atoms with E-state index in [4.69, 9.17) is 10.5 Å². The first kappa shape index (κ1) is 17.4. The van der Waals surface area contributed by atoms with E-state index in [9.17, 15) is 18.0 Å². The summed E-state index contributed by atoms with van der Waals surface area (Å²) in [5.41, 5.74) is 5.04. The molecule has 0 radical (unpaired) electrons. The van der Waals surface area contributed by atoms with Gasteiger partial charge in [-0.15, -0.1) is 0 Å². The van der Waals surface area contributed by atoms with Crippen LogP contribution in [0.25, 0.3) is 11.2 Å². The maximum atomic E-state index is 12.7. The van der Waals surface area contributed by atoms with E-state index >= 15 is 0 Å². The summed E-state index contributed by atoms with van der Waals surface area (Å²) < 4.78 is 45.3. The van der Waals surface area contributed by atoms with Crippen LogP contribution in [0.5, 0.6) is 5.88 Å². The van der Waals surface area contributed by atoms with E-state index in [0.717, 1.165) is 10.7 Å². The fourth-order valence-corrected chi connectivity index (χ4v) is 2.25. The Kier molecular flexibility index (Phi) is 4.13. The summed E-state index contributed by atoms with van der Waals surface area (Å²) in [5.74, 6) is -0.623. The van der Waals surface area contributed by atoms with Crippen molar-refractivity contribution in [3.8, 4) is 5.88 Å². The molecule has 26 heavy (non-hydrogen) atoms. The van der Waals surface area contributed by atoms with Crippen LogP contribution in [0.4, 0.5) is 24.9 Å². The van der Waals surface area contributed by atoms with Crippen LogP contribution >= 0.6 is 0 Å². The average molecular weight is 370 g/mol. The highest BCUT2D eigenvalue weighted by molar-refractivity contribution is 5.91. The highest BCUT2D eigenvalue weighted by atomic mass is 19.4. The number of nitrogens with two attached hydrogens (primary N) is 1. The van der Waals surface area contributed by atoms with E-state index in [2.05, 4.69) is 25.4 Å². The van der Waals surface area contributed by atoms with Crippen LogP contribution in [0.2, 0.25) is 0 Å². The summed E-state index contributed by atoms with van der Waals surface area (Å²) in [7, 11) is 2.67. The molecule has 0 unspecified atom stereocenters. The van der Waals surface area contributed by atoms with Crippen LogP contribution in [-0.4, -0.2) is 42.3 Å². The number of ether oxygens (including phenoxy) is 1. The molecule has 0 fully saturated rings. The monoisotopic (exact) mass is 370 g/mol. The number of alkyl halides is 3. The van der Waals surface area contributed by atoms with Gasteiger partial charge < -0.3 is 20.4 Å². The van der Waals surface area contributed by atoms with Crippen LogP contribution < -0.4 is 15.8 Å². The van der Waals surface area contributed by atoms with Crippen molar-refractivity contribution in [1.29, 1.82) is 0 Å². The van der Waals surface area contributed by atoms with Crippen LogP contribution in [0.3, 0.4) is 0 Å². The molecular weight excluding hydrogens is 357 g/mol. The number of nitrogen functional groups attached to an aromatic ring is 1. The molecule has 3 aromatic rings. The second-order valence-corrected chi connectivity index (χ2v) is 5.22. The highest BCUT2D eigenvalue weighted by Gasteiger charge is 2.34. The van der Waals surface area contributed by atoms with Gasteiger partial charge in [-0.05, 0) is 0 Å². The minimum absolute atomic E-state index is 0.0713. The van der Waals surface area contributed by atoms with Crippen molar-refractivity contribution in [1.82, 2.24) is 29.3 Å². The average Bonchev–Trinajstić information content (AvgIpc) is 3.11. The molecular formula is C13H13F3N8O2. The first-order chi connectivity index (χ1) is 12.2. The van der Waals surface area contributed by atoms with Crippen molar-refractivity contribution >= 4 is 28.8 Å². The summed E-state index contributed by atoms with van der Waals surface area (Å²) in [6.45, 7) is -0.261. The zero-order chi connectivity index (χ0) is 19.1. The summed E-state index contributed by atoms with van der Waals surface area (Å²) in [5, 5.41) is 5.68. The normalized spacial score (nSPS) is 11.7. The number of imidazole rings is 1. The van der Waals surface area contributed by atoms with Crippen molar-refractivity contribution < 1.29 is 22.7 Å². The molecule has 0 aliphatic rings. The van der Waals surface area contributed by atoms with Gasteiger partial charge in [0.25, 0.3) is 0 Å². The fraction of sp³-hybridized carbons (Fsp3) is 0.308. The Morgan fingerprint density at radius 3 is 2.73 bits per heavy atom. The molecule has 0 aliphatic carbocycles. The Hall–Kier alpha value is -3.38. The number of halogens is 3. The third-order valence-corrected chi connectivity index (χ3v) is 3.39. The molecule has 0 aliphatic heterocycles. The predicted molar refractivity (Wildman–Crippen MR) is 83.1 cm³/mol. The van der Waals surface area contributed by atoms with Gasteiger partial charge in [-0.25, -0.2) is 4.98 Å². The standard InChI is InChI=1S/C13H13F3N8O2/c1-23-7(3-6(22-23)13(14,15)16)19-8(25)4-24-5-18-9-10(24)20-12(17)21-11(9)26-2/h3,5H,4H2,1-2H3,(H,19,25)(H2,17,20,21). The minimum Gasteiger partial charge on any atom is -0.479 e. The van der Waals surface area contributed by atoms with Gasteiger partial charge in [-0.3, -0.25) is 9.48 Å². The smallest absolute Gasteiger partial charge is 0.435 e. The van der Waals surface area contributed by atoms with Gasteiger partial charge >= 0.3 is 6.18 Å². The lowest BCUT2D eigenvalue weighted by molar-refractivity contribution is -0.141. The second-order valence-electron chi connectivity index (χ2n) is 5.22. The zero-order valence-electron chi connectivity index (χ0n) is 13.6. The molecule has 10 nitrogen and oxygen atoms in total. The lowest BCUT2D eigenvalue weighted by Crippen LogP contribution is -2.20. The first-order valence-electron chi connectivity index (χ1n) is 7.12. The van der Waals surface area contributed by atoms with Crippen LogP contribution in [0, 0.1) is 0 Å². The lowest BCUT2D eigenvalue weighted by atomic mass is 10.4. The number of nitrogens with one attached hydrogen (secondary N) is 1. The van der Waals surface area contributed by atoms with Gasteiger partial charge in [-0.2, -0.15) is 28.2 Å². The van der Waals surface area contributed by atoms with Gasteiger partial charge in [0.05, 0.1) is 13.4 Å². The zero-order valence-corrected chi connectivity index (χ0v) is 13.6. The van der Waals surface area contributed by atoms with E-state index in [-0.39, 0.29) is 29.8 Å². The third-order valence-electron chi connectivity index (χ3n) is 3.39.